The fourth-order valence-electron chi connectivity index (χ4n) is 0.657. The minimum Gasteiger partial charge on any atom is -0.480 e. The first-order valence-corrected chi connectivity index (χ1v) is 3.55. The minimum atomic E-state index is -1.03. The van der Waals surface area contributed by atoms with Crippen molar-refractivity contribution in [2.24, 2.45) is 11.5 Å². The number of carboxylic acids is 1. The van der Waals surface area contributed by atoms with E-state index >= 15 is 0 Å². The van der Waals surface area contributed by atoms with Crippen molar-refractivity contribution >= 4 is 12.0 Å². The van der Waals surface area contributed by atoms with Crippen molar-refractivity contribution in [3.63, 3.8) is 0 Å². The monoisotopic (exact) mass is 238 g/mol. The maximum atomic E-state index is 10.2. The molecule has 1 radical (unpaired) electrons. The molecule has 13 heavy (non-hydrogen) atoms. The summed E-state index contributed by atoms with van der Waals surface area (Å²) in [5, 5.41) is 10.7. The van der Waals surface area contributed by atoms with Crippen LogP contribution in [-0.2, 0) is 21.9 Å². The van der Waals surface area contributed by atoms with Crippen LogP contribution in [0.2, 0.25) is 0 Å². The summed E-state index contributed by atoms with van der Waals surface area (Å²) in [6.07, 6.45) is 0.839. The molecule has 0 aromatic carbocycles. The Morgan fingerprint density at radius 1 is 1.46 bits per heavy atom. The van der Waals surface area contributed by atoms with E-state index in [-0.39, 0.29) is 17.1 Å². The van der Waals surface area contributed by atoms with Crippen molar-refractivity contribution in [2.75, 3.05) is 6.54 Å². The third-order valence-corrected chi connectivity index (χ3v) is 1.31. The van der Waals surface area contributed by atoms with Crippen LogP contribution in [0.4, 0.5) is 4.79 Å². The molecular formula is C6H13CuN3O3. The third-order valence-electron chi connectivity index (χ3n) is 1.31. The van der Waals surface area contributed by atoms with Crippen LogP contribution in [0.25, 0.3) is 0 Å². The van der Waals surface area contributed by atoms with E-state index in [1.54, 1.807) is 0 Å². The van der Waals surface area contributed by atoms with Crippen molar-refractivity contribution in [2.45, 2.75) is 18.9 Å². The predicted octanol–water partition coefficient (Wildman–Crippen LogP) is -1.16. The Morgan fingerprint density at radius 2 is 2.00 bits per heavy atom. The van der Waals surface area contributed by atoms with Gasteiger partial charge >= 0.3 is 12.0 Å². The summed E-state index contributed by atoms with van der Waals surface area (Å²) in [6, 6.07) is -1.47. The molecule has 0 saturated heterocycles. The van der Waals surface area contributed by atoms with Crippen LogP contribution in [0.5, 0.6) is 0 Å². The van der Waals surface area contributed by atoms with Crippen LogP contribution in [0.1, 0.15) is 12.8 Å². The fourth-order valence-corrected chi connectivity index (χ4v) is 0.657. The average molecular weight is 239 g/mol. The summed E-state index contributed by atoms with van der Waals surface area (Å²) < 4.78 is 0. The minimum absolute atomic E-state index is 0. The molecule has 0 saturated carbocycles. The maximum Gasteiger partial charge on any atom is 0.320 e. The van der Waals surface area contributed by atoms with Gasteiger partial charge in [-0.1, -0.05) is 0 Å². The van der Waals surface area contributed by atoms with E-state index in [2.05, 4.69) is 5.32 Å². The molecule has 2 amide bonds. The molecule has 0 aliphatic heterocycles. The molecular weight excluding hydrogens is 226 g/mol. The standard InChI is InChI=1S/C6H13N3O3.Cu/c7-4(5(10)11)2-1-3-9-6(8)12;/h4H,1-3,7H2,(H,10,11)(H3,8,9,12);. The van der Waals surface area contributed by atoms with Crippen LogP contribution in [0.3, 0.4) is 0 Å². The Balaban J connectivity index is 0. The van der Waals surface area contributed by atoms with Gasteiger partial charge in [0.25, 0.3) is 0 Å². The van der Waals surface area contributed by atoms with E-state index in [0.29, 0.717) is 19.4 Å². The molecule has 7 heteroatoms. The number of nitrogens with two attached hydrogens (primary N) is 2. The Morgan fingerprint density at radius 3 is 2.38 bits per heavy atom. The normalized spacial score (nSPS) is 11.2. The van der Waals surface area contributed by atoms with Crippen molar-refractivity contribution in [1.82, 2.24) is 5.32 Å². The largest absolute Gasteiger partial charge is 0.480 e. The van der Waals surface area contributed by atoms with Gasteiger partial charge in [0.15, 0.2) is 0 Å². The molecule has 6 N–H and O–H groups in total. The van der Waals surface area contributed by atoms with Crippen LogP contribution in [-0.4, -0.2) is 29.7 Å². The summed E-state index contributed by atoms with van der Waals surface area (Å²) in [5.41, 5.74) is 9.96. The molecule has 0 spiro atoms. The van der Waals surface area contributed by atoms with E-state index in [1.807, 2.05) is 0 Å². The molecule has 1 unspecified atom stereocenters. The van der Waals surface area contributed by atoms with Gasteiger partial charge in [0, 0.05) is 23.6 Å². The van der Waals surface area contributed by atoms with Crippen LogP contribution < -0.4 is 16.8 Å². The van der Waals surface area contributed by atoms with E-state index in [4.69, 9.17) is 16.6 Å². The fraction of sp³-hybridized carbons (Fsp3) is 0.667. The van der Waals surface area contributed by atoms with Gasteiger partial charge in [-0.2, -0.15) is 0 Å². The summed E-state index contributed by atoms with van der Waals surface area (Å²) in [5.74, 6) is -1.03. The molecule has 0 aromatic heterocycles. The number of carbonyl (C=O) groups excluding carboxylic acids is 1. The van der Waals surface area contributed by atoms with Gasteiger partial charge in [-0.15, -0.1) is 0 Å². The van der Waals surface area contributed by atoms with Crippen molar-refractivity contribution in [3.8, 4) is 0 Å². The number of urea groups is 1. The quantitative estimate of drug-likeness (QED) is 0.357. The van der Waals surface area contributed by atoms with Gasteiger partial charge in [0.05, 0.1) is 0 Å². The number of aliphatic carboxylic acids is 1. The van der Waals surface area contributed by atoms with Crippen LogP contribution in [0.15, 0.2) is 0 Å². The number of carbonyl (C=O) groups is 2. The molecule has 0 heterocycles. The molecule has 6 nitrogen and oxygen atoms in total. The first-order chi connectivity index (χ1) is 5.54. The van der Waals surface area contributed by atoms with Crippen molar-refractivity contribution in [1.29, 1.82) is 0 Å². The Hall–Kier alpha value is -0.781. The molecule has 0 aliphatic carbocycles. The second-order valence-electron chi connectivity index (χ2n) is 2.38. The number of carboxylic acid groups (broad SMARTS) is 1. The number of rotatable bonds is 5. The smallest absolute Gasteiger partial charge is 0.320 e. The second kappa shape index (κ2) is 7.85. The summed E-state index contributed by atoms with van der Waals surface area (Å²) in [6.45, 7) is 0.357. The molecule has 81 valence electrons. The van der Waals surface area contributed by atoms with Gasteiger partial charge in [-0.05, 0) is 12.8 Å². The zero-order valence-electron chi connectivity index (χ0n) is 6.92. The molecule has 0 aromatic rings. The van der Waals surface area contributed by atoms with E-state index < -0.39 is 18.0 Å². The predicted molar refractivity (Wildman–Crippen MR) is 42.4 cm³/mol. The Kier molecular flexibility index (Phi) is 8.89. The van der Waals surface area contributed by atoms with Gasteiger partial charge in [-0.25, -0.2) is 4.79 Å². The molecule has 0 aliphatic rings. The van der Waals surface area contributed by atoms with Gasteiger partial charge < -0.3 is 21.9 Å². The molecule has 0 rings (SSSR count). The van der Waals surface area contributed by atoms with Crippen LogP contribution in [0, 0.1) is 0 Å². The third kappa shape index (κ3) is 9.13. The SMILES string of the molecule is NC(=O)NCCCC(N)C(=O)O.[Cu]. The molecule has 0 bridgehead atoms. The van der Waals surface area contributed by atoms with E-state index in [0.717, 1.165) is 0 Å². The maximum absolute atomic E-state index is 10.2. The summed E-state index contributed by atoms with van der Waals surface area (Å²) >= 11 is 0. The molecule has 0 fully saturated rings. The number of hydrogen-bond acceptors (Lipinski definition) is 3. The van der Waals surface area contributed by atoms with Gasteiger partial charge in [0.2, 0.25) is 0 Å². The van der Waals surface area contributed by atoms with E-state index in [9.17, 15) is 9.59 Å². The first kappa shape index (κ1) is 14.7. The first-order valence-electron chi connectivity index (χ1n) is 3.55. The number of nitrogens with one attached hydrogen (secondary N) is 1. The summed E-state index contributed by atoms with van der Waals surface area (Å²) in [4.78, 5) is 20.3. The number of amides is 2. The zero-order chi connectivity index (χ0) is 9.56. The summed E-state index contributed by atoms with van der Waals surface area (Å²) in [7, 11) is 0. The number of hydrogen-bond donors (Lipinski definition) is 4. The van der Waals surface area contributed by atoms with Crippen molar-refractivity contribution < 1.29 is 31.8 Å². The van der Waals surface area contributed by atoms with E-state index in [1.165, 1.54) is 0 Å². The van der Waals surface area contributed by atoms with Crippen LogP contribution >= 0.6 is 0 Å². The average Bonchev–Trinajstić information content (AvgIpc) is 1.97. The van der Waals surface area contributed by atoms with Gasteiger partial charge in [0.1, 0.15) is 6.04 Å². The Labute approximate surface area is 86.5 Å². The topological polar surface area (TPSA) is 118 Å². The zero-order valence-corrected chi connectivity index (χ0v) is 7.86. The number of primary amides is 1. The molecule has 1 atom stereocenters. The Bertz CT molecular complexity index is 177. The second-order valence-corrected chi connectivity index (χ2v) is 2.38. The van der Waals surface area contributed by atoms with Gasteiger partial charge in [-0.3, -0.25) is 4.79 Å². The van der Waals surface area contributed by atoms with Crippen molar-refractivity contribution in [3.05, 3.63) is 0 Å².